The van der Waals surface area contributed by atoms with Gasteiger partial charge >= 0.3 is 5.97 Å². The normalized spacial score (nSPS) is 19.6. The van der Waals surface area contributed by atoms with E-state index >= 15 is 0 Å². The Morgan fingerprint density at radius 1 is 1.71 bits per heavy atom. The van der Waals surface area contributed by atoms with Crippen molar-refractivity contribution in [3.05, 3.63) is 28.3 Å². The van der Waals surface area contributed by atoms with Crippen molar-refractivity contribution in [3.8, 4) is 5.75 Å². The van der Waals surface area contributed by atoms with E-state index < -0.39 is 12.0 Å². The van der Waals surface area contributed by atoms with Gasteiger partial charge in [0.25, 0.3) is 0 Å². The second-order valence-corrected chi connectivity index (χ2v) is 4.75. The second-order valence-electron chi connectivity index (χ2n) is 4.35. The van der Waals surface area contributed by atoms with Crippen LogP contribution in [0.3, 0.4) is 0 Å². The predicted octanol–water partition coefficient (Wildman–Crippen LogP) is 1.62. The van der Waals surface area contributed by atoms with Gasteiger partial charge in [-0.3, -0.25) is 4.79 Å². The molecule has 0 aliphatic carbocycles. The molecule has 5 heteroatoms. The molecular formula is C12H14ClNO3. The van der Waals surface area contributed by atoms with Crippen molar-refractivity contribution in [2.75, 3.05) is 0 Å². The van der Waals surface area contributed by atoms with E-state index in [0.717, 1.165) is 17.5 Å². The van der Waals surface area contributed by atoms with Crippen molar-refractivity contribution in [1.82, 2.24) is 0 Å². The van der Waals surface area contributed by atoms with Crippen LogP contribution in [-0.4, -0.2) is 23.2 Å². The third-order valence-corrected chi connectivity index (χ3v) is 3.06. The van der Waals surface area contributed by atoms with Crippen molar-refractivity contribution in [1.29, 1.82) is 0 Å². The summed E-state index contributed by atoms with van der Waals surface area (Å²) in [4.78, 5) is 10.7. The van der Waals surface area contributed by atoms with E-state index in [4.69, 9.17) is 27.2 Å². The van der Waals surface area contributed by atoms with E-state index in [1.165, 1.54) is 0 Å². The van der Waals surface area contributed by atoms with Crippen LogP contribution in [0.5, 0.6) is 5.75 Å². The highest BCUT2D eigenvalue weighted by atomic mass is 35.5. The summed E-state index contributed by atoms with van der Waals surface area (Å²) in [6.45, 7) is 1.97. The minimum absolute atomic E-state index is 0.117. The quantitative estimate of drug-likeness (QED) is 0.861. The average Bonchev–Trinajstić information content (AvgIpc) is 2.59. The molecule has 0 fully saturated rings. The highest BCUT2D eigenvalue weighted by Gasteiger charge is 2.23. The number of fused-ring (bicyclic) bond motifs is 1. The number of hydrogen-bond acceptors (Lipinski definition) is 3. The van der Waals surface area contributed by atoms with Gasteiger partial charge in [-0.2, -0.15) is 0 Å². The molecule has 4 nitrogen and oxygen atoms in total. The van der Waals surface area contributed by atoms with Crippen LogP contribution in [0, 0.1) is 0 Å². The summed E-state index contributed by atoms with van der Waals surface area (Å²) in [6.07, 6.45) is 1.19. The van der Waals surface area contributed by atoms with Gasteiger partial charge in [0, 0.05) is 6.42 Å². The van der Waals surface area contributed by atoms with Crippen LogP contribution in [0.15, 0.2) is 12.1 Å². The lowest BCUT2D eigenvalue weighted by Gasteiger charge is -2.09. The summed E-state index contributed by atoms with van der Waals surface area (Å²) in [5, 5.41) is 9.29. The van der Waals surface area contributed by atoms with E-state index in [1.54, 1.807) is 6.07 Å². The Labute approximate surface area is 104 Å². The van der Waals surface area contributed by atoms with E-state index in [0.29, 0.717) is 10.8 Å². The van der Waals surface area contributed by atoms with Crippen LogP contribution in [0.1, 0.15) is 18.1 Å². The second kappa shape index (κ2) is 4.55. The molecule has 17 heavy (non-hydrogen) atoms. The van der Waals surface area contributed by atoms with E-state index in [1.807, 2.05) is 13.0 Å². The standard InChI is InChI=1S/C12H14ClNO3/c1-6-2-8-3-7(5-10(14)12(15)16)4-9(13)11(8)17-6/h3-4,6,10H,2,5,14H2,1H3,(H,15,16). The van der Waals surface area contributed by atoms with E-state index in [9.17, 15) is 4.79 Å². The molecule has 0 saturated heterocycles. The summed E-state index contributed by atoms with van der Waals surface area (Å²) in [5.41, 5.74) is 7.36. The van der Waals surface area contributed by atoms with Gasteiger partial charge in [-0.1, -0.05) is 17.7 Å². The van der Waals surface area contributed by atoms with Gasteiger partial charge < -0.3 is 15.6 Å². The van der Waals surface area contributed by atoms with Crippen LogP contribution in [0.4, 0.5) is 0 Å². The SMILES string of the molecule is CC1Cc2cc(CC(N)C(=O)O)cc(Cl)c2O1. The number of benzene rings is 1. The van der Waals surface area contributed by atoms with Crippen molar-refractivity contribution in [3.63, 3.8) is 0 Å². The number of hydrogen-bond donors (Lipinski definition) is 2. The van der Waals surface area contributed by atoms with Crippen LogP contribution in [-0.2, 0) is 17.6 Å². The lowest BCUT2D eigenvalue weighted by atomic mass is 10.0. The number of halogens is 1. The number of aliphatic carboxylic acids is 1. The molecule has 0 amide bonds. The Morgan fingerprint density at radius 3 is 3.06 bits per heavy atom. The molecule has 2 rings (SSSR count). The van der Waals surface area contributed by atoms with Gasteiger partial charge in [0.1, 0.15) is 17.9 Å². The molecule has 92 valence electrons. The Bertz CT molecular complexity index is 461. The number of rotatable bonds is 3. The molecule has 1 aromatic rings. The summed E-state index contributed by atoms with van der Waals surface area (Å²) >= 11 is 6.09. The molecule has 0 radical (unpaired) electrons. The predicted molar refractivity (Wildman–Crippen MR) is 64.6 cm³/mol. The maximum absolute atomic E-state index is 10.7. The number of carboxylic acid groups (broad SMARTS) is 1. The molecule has 0 spiro atoms. The van der Waals surface area contributed by atoms with Crippen molar-refractivity contribution in [2.45, 2.75) is 31.9 Å². The third-order valence-electron chi connectivity index (χ3n) is 2.78. The maximum Gasteiger partial charge on any atom is 0.320 e. The highest BCUT2D eigenvalue weighted by Crippen LogP contribution is 2.37. The zero-order chi connectivity index (χ0) is 12.6. The number of nitrogens with two attached hydrogens (primary N) is 1. The summed E-state index contributed by atoms with van der Waals surface area (Å²) in [5.74, 6) is -0.293. The molecular weight excluding hydrogens is 242 g/mol. The summed E-state index contributed by atoms with van der Waals surface area (Å²) in [6, 6.07) is 2.75. The molecule has 1 aliphatic heterocycles. The van der Waals surface area contributed by atoms with Crippen LogP contribution in [0.2, 0.25) is 5.02 Å². The minimum Gasteiger partial charge on any atom is -0.489 e. The Kier molecular flexibility index (Phi) is 3.26. The zero-order valence-electron chi connectivity index (χ0n) is 9.44. The number of carbonyl (C=O) groups is 1. The first-order valence-corrected chi connectivity index (χ1v) is 5.81. The van der Waals surface area contributed by atoms with Crippen molar-refractivity contribution >= 4 is 17.6 Å². The van der Waals surface area contributed by atoms with Gasteiger partial charge in [0.2, 0.25) is 0 Å². The smallest absolute Gasteiger partial charge is 0.320 e. The van der Waals surface area contributed by atoms with E-state index in [2.05, 4.69) is 0 Å². The van der Waals surface area contributed by atoms with Crippen molar-refractivity contribution in [2.24, 2.45) is 5.73 Å². The van der Waals surface area contributed by atoms with Crippen LogP contribution >= 0.6 is 11.6 Å². The summed E-state index contributed by atoms with van der Waals surface area (Å²) < 4.78 is 5.57. The molecule has 2 atom stereocenters. The highest BCUT2D eigenvalue weighted by molar-refractivity contribution is 6.32. The molecule has 3 N–H and O–H groups in total. The van der Waals surface area contributed by atoms with Gasteiger partial charge in [0.15, 0.2) is 0 Å². The number of ether oxygens (including phenoxy) is 1. The third kappa shape index (κ3) is 2.53. The first-order chi connectivity index (χ1) is 7.97. The lowest BCUT2D eigenvalue weighted by molar-refractivity contribution is -0.138. The largest absolute Gasteiger partial charge is 0.489 e. The fourth-order valence-corrected chi connectivity index (χ4v) is 2.31. The van der Waals surface area contributed by atoms with E-state index in [-0.39, 0.29) is 12.5 Å². The first-order valence-electron chi connectivity index (χ1n) is 5.43. The van der Waals surface area contributed by atoms with Crippen LogP contribution < -0.4 is 10.5 Å². The van der Waals surface area contributed by atoms with Crippen LogP contribution in [0.25, 0.3) is 0 Å². The Hall–Kier alpha value is -1.26. The topological polar surface area (TPSA) is 72.6 Å². The van der Waals surface area contributed by atoms with Gasteiger partial charge in [-0.25, -0.2) is 0 Å². The average molecular weight is 256 g/mol. The molecule has 0 bridgehead atoms. The molecule has 1 aliphatic rings. The fraction of sp³-hybridized carbons (Fsp3) is 0.417. The number of carboxylic acids is 1. The van der Waals surface area contributed by atoms with Gasteiger partial charge in [-0.05, 0) is 30.5 Å². The van der Waals surface area contributed by atoms with Crippen molar-refractivity contribution < 1.29 is 14.6 Å². The zero-order valence-corrected chi connectivity index (χ0v) is 10.2. The molecule has 2 unspecified atom stereocenters. The minimum atomic E-state index is -1.01. The molecule has 0 saturated carbocycles. The lowest BCUT2D eigenvalue weighted by Crippen LogP contribution is -2.32. The molecule has 1 aromatic carbocycles. The molecule has 1 heterocycles. The Balaban J connectivity index is 2.24. The fourth-order valence-electron chi connectivity index (χ4n) is 2.01. The first kappa shape index (κ1) is 12.2. The maximum atomic E-state index is 10.7. The summed E-state index contributed by atoms with van der Waals surface area (Å²) in [7, 11) is 0. The van der Waals surface area contributed by atoms with Gasteiger partial charge in [-0.15, -0.1) is 0 Å². The monoisotopic (exact) mass is 255 g/mol. The van der Waals surface area contributed by atoms with Gasteiger partial charge in [0.05, 0.1) is 5.02 Å². The molecule has 0 aromatic heterocycles. The Morgan fingerprint density at radius 2 is 2.41 bits per heavy atom.